The molecule has 0 aliphatic rings. The number of rotatable bonds is 3. The Balaban J connectivity index is 2.58. The van der Waals surface area contributed by atoms with Gasteiger partial charge in [0.1, 0.15) is 11.6 Å². The van der Waals surface area contributed by atoms with Crippen molar-refractivity contribution in [2.75, 3.05) is 0 Å². The van der Waals surface area contributed by atoms with Gasteiger partial charge in [-0.15, -0.1) is 0 Å². The second-order valence-electron chi connectivity index (χ2n) is 3.90. The predicted octanol–water partition coefficient (Wildman–Crippen LogP) is 3.93. The number of hydrogen-bond acceptors (Lipinski definition) is 2. The fraction of sp³-hybridized carbons (Fsp3) is 0.0769. The standard InChI is InChI=1S/C13H10BrClF2N2/c14-7-5-10(16)12(11(17)6-7)13(19-18)8-3-1-2-4-9(8)15/h1-6,13,19H,18H2. The van der Waals surface area contributed by atoms with Crippen LogP contribution in [-0.4, -0.2) is 0 Å². The molecule has 0 spiro atoms. The average molecular weight is 348 g/mol. The molecule has 0 amide bonds. The summed E-state index contributed by atoms with van der Waals surface area (Å²) in [5, 5.41) is 0.382. The zero-order valence-electron chi connectivity index (χ0n) is 9.63. The van der Waals surface area contributed by atoms with Gasteiger partial charge in [0.2, 0.25) is 0 Å². The first-order chi connectivity index (χ1) is 9.04. The van der Waals surface area contributed by atoms with Crippen LogP contribution >= 0.6 is 27.5 Å². The van der Waals surface area contributed by atoms with Crippen molar-refractivity contribution in [1.82, 2.24) is 5.43 Å². The summed E-state index contributed by atoms with van der Waals surface area (Å²) in [5.41, 5.74) is 2.74. The molecule has 2 aromatic rings. The lowest BCUT2D eigenvalue weighted by Gasteiger charge is -2.19. The Morgan fingerprint density at radius 2 is 1.74 bits per heavy atom. The summed E-state index contributed by atoms with van der Waals surface area (Å²) in [6, 6.07) is 8.25. The SMILES string of the molecule is NNC(c1ccccc1Cl)c1c(F)cc(Br)cc1F. The molecule has 2 nitrogen and oxygen atoms in total. The van der Waals surface area contributed by atoms with Crippen molar-refractivity contribution in [2.24, 2.45) is 5.84 Å². The van der Waals surface area contributed by atoms with E-state index in [0.717, 1.165) is 0 Å². The number of nitrogens with one attached hydrogen (secondary N) is 1. The van der Waals surface area contributed by atoms with E-state index >= 15 is 0 Å². The van der Waals surface area contributed by atoms with E-state index in [1.54, 1.807) is 24.3 Å². The van der Waals surface area contributed by atoms with Gasteiger partial charge in [0.15, 0.2) is 0 Å². The van der Waals surface area contributed by atoms with E-state index in [-0.39, 0.29) is 5.56 Å². The molecule has 0 saturated heterocycles. The van der Waals surface area contributed by atoms with Crippen LogP contribution in [-0.2, 0) is 0 Å². The maximum absolute atomic E-state index is 14.0. The molecule has 3 N–H and O–H groups in total. The van der Waals surface area contributed by atoms with Crippen LogP contribution in [0.5, 0.6) is 0 Å². The van der Waals surface area contributed by atoms with Crippen molar-refractivity contribution in [3.05, 3.63) is 68.7 Å². The number of benzene rings is 2. The van der Waals surface area contributed by atoms with Gasteiger partial charge in [-0.05, 0) is 23.8 Å². The minimum Gasteiger partial charge on any atom is -0.271 e. The molecule has 1 atom stereocenters. The lowest BCUT2D eigenvalue weighted by molar-refractivity contribution is 0.509. The highest BCUT2D eigenvalue weighted by molar-refractivity contribution is 9.10. The Kier molecular flexibility index (Phi) is 4.52. The summed E-state index contributed by atoms with van der Waals surface area (Å²) in [5.74, 6) is 4.03. The van der Waals surface area contributed by atoms with Crippen LogP contribution in [0.15, 0.2) is 40.9 Å². The molecule has 0 radical (unpaired) electrons. The second-order valence-corrected chi connectivity index (χ2v) is 5.23. The minimum atomic E-state index is -0.859. The topological polar surface area (TPSA) is 38.0 Å². The minimum absolute atomic E-state index is 0.168. The summed E-state index contributed by atoms with van der Waals surface area (Å²) in [6.45, 7) is 0. The molecule has 0 saturated carbocycles. The van der Waals surface area contributed by atoms with Crippen LogP contribution in [0.4, 0.5) is 8.78 Å². The lowest BCUT2D eigenvalue weighted by Crippen LogP contribution is -2.30. The highest BCUT2D eigenvalue weighted by Gasteiger charge is 2.23. The Labute approximate surface area is 122 Å². The molecule has 100 valence electrons. The van der Waals surface area contributed by atoms with Crippen molar-refractivity contribution in [3.8, 4) is 0 Å². The summed E-state index contributed by atoms with van der Waals surface area (Å²) in [4.78, 5) is 0. The summed E-state index contributed by atoms with van der Waals surface area (Å²) >= 11 is 9.07. The second kappa shape index (κ2) is 5.96. The summed E-state index contributed by atoms with van der Waals surface area (Å²) in [6.07, 6.45) is 0. The van der Waals surface area contributed by atoms with E-state index in [9.17, 15) is 8.78 Å². The van der Waals surface area contributed by atoms with E-state index in [1.807, 2.05) is 0 Å². The first kappa shape index (κ1) is 14.4. The molecule has 0 aliphatic heterocycles. The molecule has 0 bridgehead atoms. The number of halogens is 4. The Bertz CT molecular complexity index is 584. The first-order valence-electron chi connectivity index (χ1n) is 5.39. The number of hydrazine groups is 1. The highest BCUT2D eigenvalue weighted by atomic mass is 79.9. The maximum Gasteiger partial charge on any atom is 0.132 e. The molecule has 19 heavy (non-hydrogen) atoms. The normalized spacial score (nSPS) is 12.5. The highest BCUT2D eigenvalue weighted by Crippen LogP contribution is 2.32. The van der Waals surface area contributed by atoms with Gasteiger partial charge in [-0.2, -0.15) is 0 Å². The van der Waals surface area contributed by atoms with E-state index in [2.05, 4.69) is 21.4 Å². The van der Waals surface area contributed by atoms with Crippen LogP contribution in [0.3, 0.4) is 0 Å². The van der Waals surface area contributed by atoms with Crippen molar-refractivity contribution >= 4 is 27.5 Å². The predicted molar refractivity (Wildman–Crippen MR) is 74.7 cm³/mol. The number of hydrogen-bond donors (Lipinski definition) is 2. The molecule has 1 unspecified atom stereocenters. The van der Waals surface area contributed by atoms with Crippen LogP contribution in [0.2, 0.25) is 5.02 Å². The smallest absolute Gasteiger partial charge is 0.132 e. The Morgan fingerprint density at radius 1 is 1.16 bits per heavy atom. The van der Waals surface area contributed by atoms with E-state index in [0.29, 0.717) is 15.1 Å². The van der Waals surface area contributed by atoms with Crippen LogP contribution in [0.1, 0.15) is 17.2 Å². The van der Waals surface area contributed by atoms with Gasteiger partial charge in [-0.25, -0.2) is 14.2 Å². The molecule has 0 aliphatic carbocycles. The Hall–Kier alpha value is -1.01. The van der Waals surface area contributed by atoms with Crippen LogP contribution in [0, 0.1) is 11.6 Å². The first-order valence-corrected chi connectivity index (χ1v) is 6.56. The molecule has 2 aromatic carbocycles. The van der Waals surface area contributed by atoms with Gasteiger partial charge in [0, 0.05) is 15.1 Å². The third kappa shape index (κ3) is 2.95. The van der Waals surface area contributed by atoms with Gasteiger partial charge in [-0.1, -0.05) is 45.7 Å². The van der Waals surface area contributed by atoms with Gasteiger partial charge in [-0.3, -0.25) is 5.84 Å². The zero-order valence-corrected chi connectivity index (χ0v) is 12.0. The van der Waals surface area contributed by atoms with E-state index < -0.39 is 17.7 Å². The van der Waals surface area contributed by atoms with Crippen molar-refractivity contribution < 1.29 is 8.78 Å². The van der Waals surface area contributed by atoms with Crippen LogP contribution in [0.25, 0.3) is 0 Å². The van der Waals surface area contributed by atoms with Gasteiger partial charge in [0.05, 0.1) is 6.04 Å². The molecule has 0 fully saturated rings. The molecule has 0 heterocycles. The molecule has 6 heteroatoms. The van der Waals surface area contributed by atoms with Crippen LogP contribution < -0.4 is 11.3 Å². The fourth-order valence-corrected chi connectivity index (χ4v) is 2.51. The van der Waals surface area contributed by atoms with E-state index in [4.69, 9.17) is 17.4 Å². The number of nitrogens with two attached hydrogens (primary N) is 1. The summed E-state index contributed by atoms with van der Waals surface area (Å²) in [7, 11) is 0. The molecular formula is C13H10BrClF2N2. The van der Waals surface area contributed by atoms with Gasteiger partial charge in [0.25, 0.3) is 0 Å². The third-order valence-electron chi connectivity index (χ3n) is 2.72. The van der Waals surface area contributed by atoms with Gasteiger partial charge < -0.3 is 0 Å². The summed E-state index contributed by atoms with van der Waals surface area (Å²) < 4.78 is 28.2. The molecular weight excluding hydrogens is 338 g/mol. The Morgan fingerprint density at radius 3 is 2.26 bits per heavy atom. The largest absolute Gasteiger partial charge is 0.271 e. The van der Waals surface area contributed by atoms with Crippen molar-refractivity contribution in [2.45, 2.75) is 6.04 Å². The third-order valence-corrected chi connectivity index (χ3v) is 3.52. The lowest BCUT2D eigenvalue weighted by atomic mass is 9.98. The average Bonchev–Trinajstić information content (AvgIpc) is 2.34. The van der Waals surface area contributed by atoms with Crippen molar-refractivity contribution in [1.29, 1.82) is 0 Å². The maximum atomic E-state index is 14.0. The van der Waals surface area contributed by atoms with E-state index in [1.165, 1.54) is 12.1 Å². The zero-order chi connectivity index (χ0) is 14.0. The van der Waals surface area contributed by atoms with Crippen molar-refractivity contribution in [3.63, 3.8) is 0 Å². The fourth-order valence-electron chi connectivity index (χ4n) is 1.87. The monoisotopic (exact) mass is 346 g/mol. The molecule has 2 rings (SSSR count). The molecule has 0 aromatic heterocycles. The quantitative estimate of drug-likeness (QED) is 0.652. The van der Waals surface area contributed by atoms with Gasteiger partial charge >= 0.3 is 0 Å².